The Kier molecular flexibility index (Phi) is 5.72. The van der Waals surface area contributed by atoms with Crippen molar-refractivity contribution in [2.75, 3.05) is 25.0 Å². The van der Waals surface area contributed by atoms with E-state index in [1.54, 1.807) is 12.1 Å². The molecule has 0 aliphatic heterocycles. The van der Waals surface area contributed by atoms with Crippen molar-refractivity contribution in [3.8, 4) is 0 Å². The summed E-state index contributed by atoms with van der Waals surface area (Å²) in [6.45, 7) is 2.99. The van der Waals surface area contributed by atoms with E-state index in [-0.39, 0.29) is 11.7 Å². The molecule has 1 aromatic heterocycles. The molecular formula is C17H20N2O2S. The van der Waals surface area contributed by atoms with Crippen LogP contribution in [0.15, 0.2) is 42.5 Å². The summed E-state index contributed by atoms with van der Waals surface area (Å²) in [5.74, 6) is -0.117. The molecule has 0 bridgehead atoms. The molecule has 0 saturated carbocycles. The highest BCUT2D eigenvalue weighted by molar-refractivity contribution is 7.15. The molecule has 2 rings (SSSR count). The van der Waals surface area contributed by atoms with E-state index in [9.17, 15) is 9.59 Å². The normalized spacial score (nSPS) is 10.3. The van der Waals surface area contributed by atoms with Gasteiger partial charge in [-0.1, -0.05) is 18.2 Å². The Balaban J connectivity index is 1.74. The zero-order chi connectivity index (χ0) is 15.9. The first kappa shape index (κ1) is 16.2. The predicted octanol–water partition coefficient (Wildman–Crippen LogP) is 3.21. The van der Waals surface area contributed by atoms with Gasteiger partial charge in [0.05, 0.1) is 9.75 Å². The van der Waals surface area contributed by atoms with E-state index in [0.29, 0.717) is 16.3 Å². The van der Waals surface area contributed by atoms with Crippen molar-refractivity contribution in [2.45, 2.75) is 13.3 Å². The number of carbonyl (C=O) groups is 2. The summed E-state index contributed by atoms with van der Waals surface area (Å²) in [5, 5.41) is 2.89. The smallest absolute Gasteiger partial charge is 0.261 e. The van der Waals surface area contributed by atoms with Gasteiger partial charge in [-0.25, -0.2) is 0 Å². The molecule has 0 fully saturated rings. The van der Waals surface area contributed by atoms with Crippen LogP contribution in [0.1, 0.15) is 32.7 Å². The quantitative estimate of drug-likeness (QED) is 0.630. The van der Waals surface area contributed by atoms with E-state index >= 15 is 0 Å². The predicted molar refractivity (Wildman–Crippen MR) is 91.0 cm³/mol. The van der Waals surface area contributed by atoms with Gasteiger partial charge in [0.25, 0.3) is 5.91 Å². The summed E-state index contributed by atoms with van der Waals surface area (Å²) in [7, 11) is 2.04. The Morgan fingerprint density at radius 2 is 1.77 bits per heavy atom. The molecule has 0 unspecified atom stereocenters. The molecule has 0 spiro atoms. The van der Waals surface area contributed by atoms with Crippen LogP contribution >= 0.6 is 11.3 Å². The van der Waals surface area contributed by atoms with Gasteiger partial charge >= 0.3 is 0 Å². The first-order valence-corrected chi connectivity index (χ1v) is 8.04. The van der Waals surface area contributed by atoms with Gasteiger partial charge in [0.1, 0.15) is 0 Å². The average molecular weight is 316 g/mol. The topological polar surface area (TPSA) is 49.4 Å². The number of hydrogen-bond acceptors (Lipinski definition) is 4. The first-order chi connectivity index (χ1) is 10.6. The maximum Gasteiger partial charge on any atom is 0.261 e. The Morgan fingerprint density at radius 1 is 1.09 bits per heavy atom. The summed E-state index contributed by atoms with van der Waals surface area (Å²) >= 11 is 1.24. The number of nitrogens with one attached hydrogen (secondary N) is 1. The molecule has 0 atom stereocenters. The van der Waals surface area contributed by atoms with Crippen molar-refractivity contribution in [1.82, 2.24) is 5.32 Å². The Morgan fingerprint density at radius 3 is 2.41 bits per heavy atom. The summed E-state index contributed by atoms with van der Waals surface area (Å²) in [4.78, 5) is 26.6. The SMILES string of the molecule is CC(=O)c1ccc(C(=O)NCCCN(C)c2ccccc2)s1. The van der Waals surface area contributed by atoms with Crippen LogP contribution in [-0.4, -0.2) is 31.8 Å². The molecule has 0 aliphatic rings. The lowest BCUT2D eigenvalue weighted by molar-refractivity contribution is 0.0956. The van der Waals surface area contributed by atoms with Gasteiger partial charge < -0.3 is 10.2 Å². The standard InChI is InChI=1S/C17H20N2O2S/c1-13(20)15-9-10-16(22-15)17(21)18-11-6-12-19(2)14-7-4-3-5-8-14/h3-5,7-10H,6,11-12H2,1-2H3,(H,18,21). The zero-order valence-electron chi connectivity index (χ0n) is 12.8. The molecule has 4 nitrogen and oxygen atoms in total. The molecule has 1 aromatic carbocycles. The van der Waals surface area contributed by atoms with Crippen molar-refractivity contribution in [2.24, 2.45) is 0 Å². The molecule has 1 amide bonds. The van der Waals surface area contributed by atoms with E-state index in [2.05, 4.69) is 22.3 Å². The minimum absolute atomic E-state index is 0.00599. The van der Waals surface area contributed by atoms with Crippen molar-refractivity contribution in [1.29, 1.82) is 0 Å². The summed E-state index contributed by atoms with van der Waals surface area (Å²) in [5.41, 5.74) is 1.16. The van der Waals surface area contributed by atoms with Crippen LogP contribution in [0.2, 0.25) is 0 Å². The number of Topliss-reactive ketones (excluding diaryl/α,β-unsaturated/α-hetero) is 1. The van der Waals surface area contributed by atoms with Gasteiger partial charge in [-0.2, -0.15) is 0 Å². The lowest BCUT2D eigenvalue weighted by atomic mass is 10.3. The summed E-state index contributed by atoms with van der Waals surface area (Å²) < 4.78 is 0. The summed E-state index contributed by atoms with van der Waals surface area (Å²) in [6, 6.07) is 13.5. The van der Waals surface area contributed by atoms with Gasteiger partial charge in [0, 0.05) is 25.8 Å². The fourth-order valence-electron chi connectivity index (χ4n) is 2.07. The monoisotopic (exact) mass is 316 g/mol. The number of para-hydroxylation sites is 1. The minimum atomic E-state index is -0.111. The average Bonchev–Trinajstić information content (AvgIpc) is 3.02. The number of benzene rings is 1. The molecular weight excluding hydrogens is 296 g/mol. The highest BCUT2D eigenvalue weighted by atomic mass is 32.1. The molecule has 22 heavy (non-hydrogen) atoms. The van der Waals surface area contributed by atoms with Crippen LogP contribution in [-0.2, 0) is 0 Å². The van der Waals surface area contributed by atoms with E-state index in [1.165, 1.54) is 18.3 Å². The lowest BCUT2D eigenvalue weighted by Crippen LogP contribution is -2.27. The fraction of sp³-hybridized carbons (Fsp3) is 0.294. The van der Waals surface area contributed by atoms with Gasteiger partial charge in [-0.3, -0.25) is 9.59 Å². The Bertz CT molecular complexity index is 637. The number of carbonyl (C=O) groups excluding carboxylic acids is 2. The molecule has 0 radical (unpaired) electrons. The van der Waals surface area contributed by atoms with Crippen molar-refractivity contribution >= 4 is 28.7 Å². The minimum Gasteiger partial charge on any atom is -0.375 e. The van der Waals surface area contributed by atoms with E-state index in [1.807, 2.05) is 25.2 Å². The molecule has 2 aromatic rings. The number of ketones is 1. The highest BCUT2D eigenvalue weighted by Gasteiger charge is 2.10. The molecule has 116 valence electrons. The van der Waals surface area contributed by atoms with Crippen LogP contribution in [0.4, 0.5) is 5.69 Å². The summed E-state index contributed by atoms with van der Waals surface area (Å²) in [6.07, 6.45) is 0.863. The second-order valence-electron chi connectivity index (χ2n) is 5.09. The number of hydrogen-bond donors (Lipinski definition) is 1. The number of anilines is 1. The zero-order valence-corrected chi connectivity index (χ0v) is 13.7. The largest absolute Gasteiger partial charge is 0.375 e. The third kappa shape index (κ3) is 4.43. The van der Waals surface area contributed by atoms with Crippen molar-refractivity contribution < 1.29 is 9.59 Å². The van der Waals surface area contributed by atoms with Gasteiger partial charge in [-0.05, 0) is 37.6 Å². The van der Waals surface area contributed by atoms with Crippen LogP contribution in [0.5, 0.6) is 0 Å². The highest BCUT2D eigenvalue weighted by Crippen LogP contribution is 2.16. The third-order valence-corrected chi connectivity index (χ3v) is 4.51. The fourth-order valence-corrected chi connectivity index (χ4v) is 2.88. The number of amides is 1. The molecule has 1 N–H and O–H groups in total. The van der Waals surface area contributed by atoms with Gasteiger partial charge in [-0.15, -0.1) is 11.3 Å². The molecule has 0 aliphatic carbocycles. The molecule has 0 saturated heterocycles. The first-order valence-electron chi connectivity index (χ1n) is 7.23. The number of thiophene rings is 1. The lowest BCUT2D eigenvalue weighted by Gasteiger charge is -2.19. The second kappa shape index (κ2) is 7.75. The van der Waals surface area contributed by atoms with Crippen LogP contribution in [0.3, 0.4) is 0 Å². The Labute approximate surface area is 134 Å². The van der Waals surface area contributed by atoms with Gasteiger partial charge in [0.2, 0.25) is 0 Å². The third-order valence-electron chi connectivity index (χ3n) is 3.33. The maximum atomic E-state index is 12.0. The van der Waals surface area contributed by atoms with E-state index in [4.69, 9.17) is 0 Å². The van der Waals surface area contributed by atoms with Crippen LogP contribution < -0.4 is 10.2 Å². The number of nitrogens with zero attached hydrogens (tertiary/aromatic N) is 1. The number of rotatable bonds is 7. The maximum absolute atomic E-state index is 12.0. The van der Waals surface area contributed by atoms with Crippen molar-refractivity contribution in [3.05, 3.63) is 52.2 Å². The van der Waals surface area contributed by atoms with E-state index < -0.39 is 0 Å². The molecule has 1 heterocycles. The Hall–Kier alpha value is -2.14. The van der Waals surface area contributed by atoms with E-state index in [0.717, 1.165) is 18.7 Å². The van der Waals surface area contributed by atoms with Crippen LogP contribution in [0.25, 0.3) is 0 Å². The van der Waals surface area contributed by atoms with Crippen molar-refractivity contribution in [3.63, 3.8) is 0 Å². The van der Waals surface area contributed by atoms with Crippen LogP contribution in [0, 0.1) is 0 Å². The second-order valence-corrected chi connectivity index (χ2v) is 6.17. The molecule has 5 heteroatoms. The van der Waals surface area contributed by atoms with Gasteiger partial charge in [0.15, 0.2) is 5.78 Å².